The number of carbonyl (C=O) groups is 2. The number of nitrogens with zero attached hydrogens (tertiary/aromatic N) is 4. The van der Waals surface area contributed by atoms with Gasteiger partial charge in [-0.2, -0.15) is 23.5 Å². The predicted octanol–water partition coefficient (Wildman–Crippen LogP) is 4.31. The number of rotatable bonds is 5. The van der Waals surface area contributed by atoms with Gasteiger partial charge in [-0.1, -0.05) is 18.2 Å². The largest absolute Gasteiger partial charge is 0.437 e. The van der Waals surface area contributed by atoms with E-state index in [4.69, 9.17) is 11.0 Å². The van der Waals surface area contributed by atoms with Crippen LogP contribution in [0.15, 0.2) is 42.5 Å². The summed E-state index contributed by atoms with van der Waals surface area (Å²) in [6.45, 7) is 0.411. The molecule has 0 fully saturated rings. The van der Waals surface area contributed by atoms with Crippen LogP contribution in [0.25, 0.3) is 10.9 Å². The van der Waals surface area contributed by atoms with Crippen molar-refractivity contribution in [3.63, 3.8) is 0 Å². The molecule has 0 saturated heterocycles. The SMILES string of the molecule is Cc1c(NC(=O)c2cc(C(N)=O)c3ccccc3n2)c(C(F)(F)F)nn1Cc1c(F)cc(C#N)cc1F. The summed E-state index contributed by atoms with van der Waals surface area (Å²) in [4.78, 5) is 28.9. The Balaban J connectivity index is 1.76. The number of pyridine rings is 1. The summed E-state index contributed by atoms with van der Waals surface area (Å²) in [5.74, 6) is -4.27. The minimum absolute atomic E-state index is 0.0639. The minimum atomic E-state index is -5.05. The van der Waals surface area contributed by atoms with Crippen LogP contribution in [0.4, 0.5) is 27.6 Å². The fraction of sp³-hybridized carbons (Fsp3) is 0.125. The average Bonchev–Trinajstić information content (AvgIpc) is 3.15. The van der Waals surface area contributed by atoms with Crippen molar-refractivity contribution in [2.75, 3.05) is 5.32 Å². The van der Waals surface area contributed by atoms with Crippen LogP contribution in [0, 0.1) is 29.9 Å². The van der Waals surface area contributed by atoms with Crippen LogP contribution in [0.2, 0.25) is 0 Å². The van der Waals surface area contributed by atoms with Crippen molar-refractivity contribution in [2.45, 2.75) is 19.6 Å². The number of nitrogens with two attached hydrogens (primary N) is 1. The molecule has 4 rings (SSSR count). The van der Waals surface area contributed by atoms with E-state index in [1.165, 1.54) is 13.0 Å². The van der Waals surface area contributed by atoms with E-state index >= 15 is 0 Å². The van der Waals surface area contributed by atoms with E-state index in [0.717, 1.165) is 18.2 Å². The highest BCUT2D eigenvalue weighted by Crippen LogP contribution is 2.36. The molecule has 8 nitrogen and oxygen atoms in total. The Morgan fingerprint density at radius 3 is 2.38 bits per heavy atom. The molecular weight excluding hydrogens is 499 g/mol. The molecule has 37 heavy (non-hydrogen) atoms. The number of primary amides is 1. The fourth-order valence-corrected chi connectivity index (χ4v) is 3.69. The lowest BCUT2D eigenvalue weighted by atomic mass is 10.1. The van der Waals surface area contributed by atoms with Crippen LogP contribution in [-0.4, -0.2) is 26.6 Å². The third-order valence-electron chi connectivity index (χ3n) is 5.51. The standard InChI is InChI=1S/C24H15F5N6O2/c1-11-20(33-23(37)19-8-14(22(31)36)13-4-2-3-5-18(13)32-19)21(24(27,28)29)34-35(11)10-15-16(25)6-12(9-30)7-17(15)26/h2-8H,10H2,1H3,(H2,31,36)(H,33,37). The van der Waals surface area contributed by atoms with E-state index < -0.39 is 58.8 Å². The van der Waals surface area contributed by atoms with Gasteiger partial charge in [0.25, 0.3) is 5.91 Å². The van der Waals surface area contributed by atoms with Crippen LogP contribution in [0.1, 0.15) is 43.4 Å². The first-order valence-electron chi connectivity index (χ1n) is 10.4. The first-order valence-corrected chi connectivity index (χ1v) is 10.4. The van der Waals surface area contributed by atoms with Gasteiger partial charge < -0.3 is 11.1 Å². The number of carbonyl (C=O) groups excluding carboxylic acids is 2. The Kier molecular flexibility index (Phi) is 6.35. The number of nitrogens with one attached hydrogen (secondary N) is 1. The van der Waals surface area contributed by atoms with Crippen LogP contribution in [0.5, 0.6) is 0 Å². The van der Waals surface area contributed by atoms with E-state index in [-0.39, 0.29) is 22.3 Å². The molecule has 2 amide bonds. The molecule has 0 aliphatic rings. The van der Waals surface area contributed by atoms with Gasteiger partial charge in [0.15, 0.2) is 5.69 Å². The number of aromatic nitrogens is 3. The molecule has 0 saturated carbocycles. The lowest BCUT2D eigenvalue weighted by Gasteiger charge is -2.11. The molecule has 0 atom stereocenters. The van der Waals surface area contributed by atoms with Gasteiger partial charge in [0.2, 0.25) is 5.91 Å². The van der Waals surface area contributed by atoms with Crippen LogP contribution >= 0.6 is 0 Å². The van der Waals surface area contributed by atoms with Crippen molar-refractivity contribution >= 4 is 28.4 Å². The van der Waals surface area contributed by atoms with E-state index in [0.29, 0.717) is 10.1 Å². The molecule has 3 N–H and O–H groups in total. The third-order valence-corrected chi connectivity index (χ3v) is 5.51. The molecule has 0 radical (unpaired) electrons. The van der Waals surface area contributed by atoms with E-state index in [2.05, 4.69) is 15.4 Å². The van der Waals surface area contributed by atoms with Crippen molar-refractivity contribution in [3.8, 4) is 6.07 Å². The number of hydrogen-bond acceptors (Lipinski definition) is 5. The Morgan fingerprint density at radius 2 is 1.78 bits per heavy atom. The van der Waals surface area contributed by atoms with Gasteiger partial charge in [-0.05, 0) is 31.2 Å². The topological polar surface area (TPSA) is 127 Å². The molecule has 0 aliphatic carbocycles. The number of benzene rings is 2. The number of anilines is 1. The molecule has 0 spiro atoms. The zero-order chi connectivity index (χ0) is 27.1. The highest BCUT2D eigenvalue weighted by Gasteiger charge is 2.39. The lowest BCUT2D eigenvalue weighted by Crippen LogP contribution is -2.19. The highest BCUT2D eigenvalue weighted by atomic mass is 19.4. The molecule has 2 aromatic heterocycles. The summed E-state index contributed by atoms with van der Waals surface area (Å²) in [6.07, 6.45) is -5.05. The first kappa shape index (κ1) is 25.2. The summed E-state index contributed by atoms with van der Waals surface area (Å²) < 4.78 is 70.7. The molecule has 2 heterocycles. The molecule has 0 aliphatic heterocycles. The number of alkyl halides is 3. The molecule has 0 unspecified atom stereocenters. The summed E-state index contributed by atoms with van der Waals surface area (Å²) in [7, 11) is 0. The number of amides is 2. The summed E-state index contributed by atoms with van der Waals surface area (Å²) in [6, 6.07) is 10.3. The fourth-order valence-electron chi connectivity index (χ4n) is 3.69. The van der Waals surface area contributed by atoms with E-state index in [9.17, 15) is 31.5 Å². The number of para-hydroxylation sites is 1. The molecule has 2 aromatic carbocycles. The second-order valence-corrected chi connectivity index (χ2v) is 7.89. The molecular formula is C24H15F5N6O2. The average molecular weight is 514 g/mol. The van der Waals surface area contributed by atoms with E-state index in [1.807, 2.05) is 0 Å². The van der Waals surface area contributed by atoms with E-state index in [1.54, 1.807) is 24.3 Å². The second kappa shape index (κ2) is 9.30. The van der Waals surface area contributed by atoms with Gasteiger partial charge in [0, 0.05) is 10.9 Å². The third kappa shape index (κ3) is 4.81. The van der Waals surface area contributed by atoms with Crippen LogP contribution in [0.3, 0.4) is 0 Å². The van der Waals surface area contributed by atoms with Crippen molar-refractivity contribution in [1.82, 2.24) is 14.8 Å². The number of halogens is 5. The summed E-state index contributed by atoms with van der Waals surface area (Å²) in [5.41, 5.74) is 1.67. The number of nitriles is 1. The number of fused-ring (bicyclic) bond motifs is 1. The lowest BCUT2D eigenvalue weighted by molar-refractivity contribution is -0.140. The maximum absolute atomic E-state index is 14.3. The monoisotopic (exact) mass is 514 g/mol. The van der Waals surface area contributed by atoms with Crippen molar-refractivity contribution in [3.05, 3.63) is 87.9 Å². The molecule has 13 heteroatoms. The van der Waals surface area contributed by atoms with Gasteiger partial charge in [-0.3, -0.25) is 14.3 Å². The van der Waals surface area contributed by atoms with Gasteiger partial charge in [0.1, 0.15) is 17.3 Å². The highest BCUT2D eigenvalue weighted by molar-refractivity contribution is 6.10. The Bertz CT molecular complexity index is 1600. The molecule has 188 valence electrons. The van der Waals surface area contributed by atoms with Gasteiger partial charge in [-0.25, -0.2) is 13.8 Å². The Hall–Kier alpha value is -4.86. The van der Waals surface area contributed by atoms with Gasteiger partial charge >= 0.3 is 6.18 Å². The maximum atomic E-state index is 14.3. The zero-order valence-electron chi connectivity index (χ0n) is 18.8. The quantitative estimate of drug-likeness (QED) is 0.384. The predicted molar refractivity (Wildman–Crippen MR) is 120 cm³/mol. The van der Waals surface area contributed by atoms with Crippen LogP contribution in [-0.2, 0) is 12.7 Å². The Morgan fingerprint density at radius 1 is 1.14 bits per heavy atom. The molecule has 0 bridgehead atoms. The summed E-state index contributed by atoms with van der Waals surface area (Å²) in [5, 5.41) is 14.7. The van der Waals surface area contributed by atoms with Crippen molar-refractivity contribution in [1.29, 1.82) is 5.26 Å². The zero-order valence-corrected chi connectivity index (χ0v) is 18.8. The Labute approximate surface area is 205 Å². The van der Waals surface area contributed by atoms with Crippen molar-refractivity contribution in [2.24, 2.45) is 5.73 Å². The van der Waals surface area contributed by atoms with Crippen molar-refractivity contribution < 1.29 is 31.5 Å². The smallest absolute Gasteiger partial charge is 0.366 e. The van der Waals surface area contributed by atoms with Gasteiger partial charge in [-0.15, -0.1) is 0 Å². The summed E-state index contributed by atoms with van der Waals surface area (Å²) >= 11 is 0. The van der Waals surface area contributed by atoms with Gasteiger partial charge in [0.05, 0.1) is 40.6 Å². The first-order chi connectivity index (χ1) is 17.4. The second-order valence-electron chi connectivity index (χ2n) is 7.89. The molecule has 4 aromatic rings. The normalized spacial score (nSPS) is 11.4. The van der Waals surface area contributed by atoms with Crippen LogP contribution < -0.4 is 11.1 Å². The minimum Gasteiger partial charge on any atom is -0.366 e. The number of hydrogen-bond donors (Lipinski definition) is 2. The maximum Gasteiger partial charge on any atom is 0.437 e.